The van der Waals surface area contributed by atoms with E-state index in [4.69, 9.17) is 5.73 Å². The minimum Gasteiger partial charge on any atom is -0.398 e. The number of hydrogen-bond donors (Lipinski definition) is 1. The van der Waals surface area contributed by atoms with Crippen LogP contribution in [0.5, 0.6) is 0 Å². The molecule has 0 aliphatic rings. The molecule has 17 heavy (non-hydrogen) atoms. The average Bonchev–Trinajstić information content (AvgIpc) is 2.27. The third-order valence-corrected chi connectivity index (χ3v) is 3.71. The monoisotopic (exact) mass is 315 g/mol. The van der Waals surface area contributed by atoms with Crippen molar-refractivity contribution in [2.45, 2.75) is 9.79 Å². The summed E-state index contributed by atoms with van der Waals surface area (Å²) >= 11 is 4.48. The molecule has 88 valence electrons. The minimum absolute atomic E-state index is 0.344. The van der Waals surface area contributed by atoms with Crippen molar-refractivity contribution in [1.82, 2.24) is 0 Å². The summed E-state index contributed by atoms with van der Waals surface area (Å²) < 4.78 is 27.1. The summed E-state index contributed by atoms with van der Waals surface area (Å²) in [6.45, 7) is 0. The van der Waals surface area contributed by atoms with Crippen molar-refractivity contribution in [1.29, 1.82) is 0 Å². The van der Waals surface area contributed by atoms with Gasteiger partial charge >= 0.3 is 0 Å². The van der Waals surface area contributed by atoms with Gasteiger partial charge in [0.25, 0.3) is 0 Å². The van der Waals surface area contributed by atoms with Gasteiger partial charge < -0.3 is 5.73 Å². The molecule has 0 amide bonds. The van der Waals surface area contributed by atoms with Gasteiger partial charge in [-0.3, -0.25) is 0 Å². The summed E-state index contributed by atoms with van der Waals surface area (Å²) in [7, 11) is 0. The van der Waals surface area contributed by atoms with E-state index in [0.29, 0.717) is 10.6 Å². The van der Waals surface area contributed by atoms with Crippen molar-refractivity contribution in [2.24, 2.45) is 0 Å². The van der Waals surface area contributed by atoms with E-state index in [9.17, 15) is 8.78 Å². The second-order valence-corrected chi connectivity index (χ2v) is 5.36. The molecule has 0 aliphatic heterocycles. The molecule has 2 aromatic carbocycles. The molecule has 0 aromatic heterocycles. The van der Waals surface area contributed by atoms with E-state index in [0.717, 1.165) is 15.4 Å². The van der Waals surface area contributed by atoms with Gasteiger partial charge in [-0.25, -0.2) is 8.78 Å². The molecule has 5 heteroatoms. The van der Waals surface area contributed by atoms with Gasteiger partial charge in [-0.1, -0.05) is 27.7 Å². The highest BCUT2D eigenvalue weighted by Gasteiger charge is 2.08. The van der Waals surface area contributed by atoms with Gasteiger partial charge in [-0.2, -0.15) is 0 Å². The molecule has 0 aliphatic carbocycles. The predicted octanol–water partition coefficient (Wildman–Crippen LogP) is 4.46. The molecule has 0 bridgehead atoms. The van der Waals surface area contributed by atoms with E-state index in [1.807, 2.05) is 0 Å². The van der Waals surface area contributed by atoms with E-state index in [-0.39, 0.29) is 0 Å². The van der Waals surface area contributed by atoms with Crippen LogP contribution in [0.3, 0.4) is 0 Å². The van der Waals surface area contributed by atoms with Crippen molar-refractivity contribution in [3.05, 3.63) is 52.5 Å². The molecular formula is C12H8BrF2NS. The lowest BCUT2D eigenvalue weighted by Gasteiger charge is -2.06. The molecule has 0 saturated carbocycles. The van der Waals surface area contributed by atoms with Crippen LogP contribution >= 0.6 is 27.7 Å². The Kier molecular flexibility index (Phi) is 3.69. The lowest BCUT2D eigenvalue weighted by atomic mass is 10.3. The third-order valence-electron chi connectivity index (χ3n) is 2.09. The number of nitrogen functional groups attached to an aromatic ring is 1. The zero-order chi connectivity index (χ0) is 12.4. The van der Waals surface area contributed by atoms with Crippen LogP contribution in [0, 0.1) is 11.6 Å². The second kappa shape index (κ2) is 5.06. The Balaban J connectivity index is 2.34. The van der Waals surface area contributed by atoms with Crippen LogP contribution < -0.4 is 5.73 Å². The second-order valence-electron chi connectivity index (χ2n) is 3.36. The van der Waals surface area contributed by atoms with Crippen molar-refractivity contribution in [2.75, 3.05) is 5.73 Å². The summed E-state index contributed by atoms with van der Waals surface area (Å²) in [4.78, 5) is 1.07. The number of benzene rings is 2. The van der Waals surface area contributed by atoms with Crippen LogP contribution in [-0.4, -0.2) is 0 Å². The van der Waals surface area contributed by atoms with E-state index >= 15 is 0 Å². The van der Waals surface area contributed by atoms with Gasteiger partial charge in [0.05, 0.1) is 0 Å². The number of anilines is 1. The Labute approximate surface area is 110 Å². The zero-order valence-corrected chi connectivity index (χ0v) is 11.0. The maximum atomic E-state index is 13.5. The highest BCUT2D eigenvalue weighted by atomic mass is 79.9. The number of rotatable bonds is 2. The molecule has 0 unspecified atom stereocenters. The van der Waals surface area contributed by atoms with E-state index < -0.39 is 11.6 Å². The fourth-order valence-electron chi connectivity index (χ4n) is 1.27. The van der Waals surface area contributed by atoms with Crippen LogP contribution in [0.15, 0.2) is 50.7 Å². The summed E-state index contributed by atoms with van der Waals surface area (Å²) in [6, 6.07) is 8.81. The summed E-state index contributed by atoms with van der Waals surface area (Å²) in [5.74, 6) is -1.18. The SMILES string of the molecule is Nc1ccc(Br)cc1Sc1ccc(F)cc1F. The number of halogens is 3. The molecule has 2 aromatic rings. The molecule has 0 saturated heterocycles. The average molecular weight is 316 g/mol. The predicted molar refractivity (Wildman–Crippen MR) is 69.0 cm³/mol. The Morgan fingerprint density at radius 1 is 1.00 bits per heavy atom. The Morgan fingerprint density at radius 2 is 1.76 bits per heavy atom. The highest BCUT2D eigenvalue weighted by Crippen LogP contribution is 2.35. The van der Waals surface area contributed by atoms with Crippen LogP contribution in [0.2, 0.25) is 0 Å². The van der Waals surface area contributed by atoms with Gasteiger partial charge in [0, 0.05) is 26.0 Å². The Morgan fingerprint density at radius 3 is 2.47 bits per heavy atom. The summed E-state index contributed by atoms with van der Waals surface area (Å²) in [6.07, 6.45) is 0. The number of hydrogen-bond acceptors (Lipinski definition) is 2. The summed E-state index contributed by atoms with van der Waals surface area (Å²) in [5.41, 5.74) is 6.34. The first-order valence-electron chi connectivity index (χ1n) is 4.74. The molecule has 0 radical (unpaired) electrons. The first-order chi connectivity index (χ1) is 8.06. The normalized spacial score (nSPS) is 10.5. The molecule has 0 fully saturated rings. The maximum Gasteiger partial charge on any atom is 0.140 e. The number of nitrogens with two attached hydrogens (primary N) is 1. The first-order valence-corrected chi connectivity index (χ1v) is 6.35. The molecular weight excluding hydrogens is 308 g/mol. The lowest BCUT2D eigenvalue weighted by Crippen LogP contribution is -1.89. The molecule has 2 rings (SSSR count). The zero-order valence-electron chi connectivity index (χ0n) is 8.58. The van der Waals surface area contributed by atoms with E-state index in [1.54, 1.807) is 18.2 Å². The Bertz CT molecular complexity index is 560. The molecule has 1 nitrogen and oxygen atoms in total. The Hall–Kier alpha value is -1.07. The quantitative estimate of drug-likeness (QED) is 0.828. The van der Waals surface area contributed by atoms with Crippen molar-refractivity contribution < 1.29 is 8.78 Å². The molecule has 0 heterocycles. The van der Waals surface area contributed by atoms with Gasteiger partial charge in [-0.05, 0) is 30.3 Å². The smallest absolute Gasteiger partial charge is 0.140 e. The third kappa shape index (κ3) is 2.98. The van der Waals surface area contributed by atoms with Gasteiger partial charge in [0.15, 0.2) is 0 Å². The van der Waals surface area contributed by atoms with Crippen LogP contribution in [-0.2, 0) is 0 Å². The van der Waals surface area contributed by atoms with E-state index in [1.165, 1.54) is 23.9 Å². The van der Waals surface area contributed by atoms with Gasteiger partial charge in [0.2, 0.25) is 0 Å². The van der Waals surface area contributed by atoms with Gasteiger partial charge in [0.1, 0.15) is 11.6 Å². The molecule has 2 N–H and O–H groups in total. The first kappa shape index (κ1) is 12.4. The van der Waals surface area contributed by atoms with Crippen LogP contribution in [0.4, 0.5) is 14.5 Å². The van der Waals surface area contributed by atoms with Crippen LogP contribution in [0.1, 0.15) is 0 Å². The van der Waals surface area contributed by atoms with Crippen molar-refractivity contribution in [3.63, 3.8) is 0 Å². The van der Waals surface area contributed by atoms with E-state index in [2.05, 4.69) is 15.9 Å². The van der Waals surface area contributed by atoms with Gasteiger partial charge in [-0.15, -0.1) is 0 Å². The van der Waals surface area contributed by atoms with Crippen molar-refractivity contribution in [3.8, 4) is 0 Å². The molecule has 0 spiro atoms. The topological polar surface area (TPSA) is 26.0 Å². The van der Waals surface area contributed by atoms with Crippen molar-refractivity contribution >= 4 is 33.4 Å². The van der Waals surface area contributed by atoms with Crippen LogP contribution in [0.25, 0.3) is 0 Å². The lowest BCUT2D eigenvalue weighted by molar-refractivity contribution is 0.566. The standard InChI is InChI=1S/C12H8BrF2NS/c13-7-1-3-10(16)12(5-7)17-11-4-2-8(14)6-9(11)15/h1-6H,16H2. The fraction of sp³-hybridized carbons (Fsp3) is 0. The largest absolute Gasteiger partial charge is 0.398 e. The fourth-order valence-corrected chi connectivity index (χ4v) is 2.69. The molecule has 0 atom stereocenters. The minimum atomic E-state index is -0.589. The summed E-state index contributed by atoms with van der Waals surface area (Å²) in [5, 5.41) is 0. The highest BCUT2D eigenvalue weighted by molar-refractivity contribution is 9.10. The maximum absolute atomic E-state index is 13.5.